The third kappa shape index (κ3) is 3.92. The van der Waals surface area contributed by atoms with E-state index in [0.29, 0.717) is 6.42 Å². The van der Waals surface area contributed by atoms with Gasteiger partial charge in [-0.3, -0.25) is 9.59 Å². The molecule has 0 aromatic carbocycles. The smallest absolute Gasteiger partial charge is 0.334 e. The van der Waals surface area contributed by atoms with Gasteiger partial charge >= 0.3 is 17.9 Å². The summed E-state index contributed by atoms with van der Waals surface area (Å²) in [6.07, 6.45) is -1.58. The topological polar surface area (TPSA) is 108 Å². The zero-order chi connectivity index (χ0) is 21.7. The summed E-state index contributed by atoms with van der Waals surface area (Å²) in [4.78, 5) is 36.3. The van der Waals surface area contributed by atoms with Gasteiger partial charge in [-0.05, 0) is 13.3 Å². The second-order valence-electron chi connectivity index (χ2n) is 9.03. The molecular formula is C21H30O8. The molecule has 0 aromatic rings. The molecule has 3 aliphatic rings. The largest absolute Gasteiger partial charge is 0.461 e. The third-order valence-corrected chi connectivity index (χ3v) is 6.30. The Balaban J connectivity index is 2.03. The van der Waals surface area contributed by atoms with Crippen LogP contribution in [-0.4, -0.2) is 52.7 Å². The number of hydrogen-bond donors (Lipinski definition) is 1. The molecule has 0 radical (unpaired) electrons. The van der Waals surface area contributed by atoms with E-state index in [-0.39, 0.29) is 24.3 Å². The summed E-state index contributed by atoms with van der Waals surface area (Å²) in [7, 11) is 0. The molecule has 3 aliphatic heterocycles. The van der Waals surface area contributed by atoms with Gasteiger partial charge in [-0.15, -0.1) is 0 Å². The zero-order valence-electron chi connectivity index (χ0n) is 17.6. The number of aliphatic hydroxyl groups is 1. The Bertz CT molecular complexity index is 730. The van der Waals surface area contributed by atoms with Crippen LogP contribution in [0.5, 0.6) is 0 Å². The number of esters is 3. The van der Waals surface area contributed by atoms with E-state index >= 15 is 0 Å². The molecule has 1 N–H and O–H groups in total. The summed E-state index contributed by atoms with van der Waals surface area (Å²) in [6, 6.07) is 0. The number of carbonyl (C=O) groups excluding carboxylic acids is 3. The van der Waals surface area contributed by atoms with Crippen LogP contribution >= 0.6 is 0 Å². The second-order valence-corrected chi connectivity index (χ2v) is 9.03. The highest BCUT2D eigenvalue weighted by Crippen LogP contribution is 2.50. The van der Waals surface area contributed by atoms with Crippen LogP contribution in [0.4, 0.5) is 0 Å². The highest BCUT2D eigenvalue weighted by Gasteiger charge is 2.61. The summed E-state index contributed by atoms with van der Waals surface area (Å²) < 4.78 is 22.9. The van der Waals surface area contributed by atoms with Crippen LogP contribution in [0.3, 0.4) is 0 Å². The van der Waals surface area contributed by atoms with E-state index in [9.17, 15) is 19.5 Å². The highest BCUT2D eigenvalue weighted by atomic mass is 16.7. The maximum atomic E-state index is 12.4. The van der Waals surface area contributed by atoms with Gasteiger partial charge in [0, 0.05) is 31.3 Å². The van der Waals surface area contributed by atoms with Crippen molar-refractivity contribution in [2.75, 3.05) is 0 Å². The molecule has 29 heavy (non-hydrogen) atoms. The first kappa shape index (κ1) is 21.8. The van der Waals surface area contributed by atoms with E-state index < -0.39 is 59.4 Å². The van der Waals surface area contributed by atoms with Gasteiger partial charge in [0.2, 0.25) is 0 Å². The van der Waals surface area contributed by atoms with Gasteiger partial charge in [0.1, 0.15) is 23.9 Å². The maximum absolute atomic E-state index is 12.4. The number of ether oxygens (including phenoxy) is 4. The molecule has 8 nitrogen and oxygen atoms in total. The molecule has 3 fully saturated rings. The maximum Gasteiger partial charge on any atom is 0.334 e. The van der Waals surface area contributed by atoms with Gasteiger partial charge in [0.05, 0.1) is 11.8 Å². The van der Waals surface area contributed by atoms with E-state index in [1.54, 1.807) is 27.7 Å². The van der Waals surface area contributed by atoms with Crippen LogP contribution in [0.1, 0.15) is 53.9 Å². The fourth-order valence-corrected chi connectivity index (χ4v) is 4.60. The van der Waals surface area contributed by atoms with Crippen LogP contribution in [0.2, 0.25) is 0 Å². The molecule has 0 saturated carbocycles. The Morgan fingerprint density at radius 1 is 1.28 bits per heavy atom. The summed E-state index contributed by atoms with van der Waals surface area (Å²) in [5, 5.41) is 11.2. The Morgan fingerprint density at radius 3 is 2.52 bits per heavy atom. The molecule has 8 heteroatoms. The quantitative estimate of drug-likeness (QED) is 0.427. The minimum Gasteiger partial charge on any atom is -0.461 e. The molecular weight excluding hydrogens is 380 g/mol. The molecule has 0 amide bonds. The molecule has 162 valence electrons. The van der Waals surface area contributed by atoms with Crippen LogP contribution in [0.25, 0.3) is 0 Å². The number of hydrogen-bond acceptors (Lipinski definition) is 8. The van der Waals surface area contributed by atoms with Crippen molar-refractivity contribution in [3.05, 3.63) is 12.2 Å². The van der Waals surface area contributed by atoms with E-state index in [1.807, 2.05) is 0 Å². The molecule has 2 bridgehead atoms. The monoisotopic (exact) mass is 410 g/mol. The molecule has 3 saturated heterocycles. The van der Waals surface area contributed by atoms with E-state index in [1.165, 1.54) is 6.92 Å². The van der Waals surface area contributed by atoms with Crippen molar-refractivity contribution in [2.24, 2.45) is 17.8 Å². The van der Waals surface area contributed by atoms with Crippen LogP contribution < -0.4 is 0 Å². The summed E-state index contributed by atoms with van der Waals surface area (Å²) in [5.74, 6) is -4.36. The minimum absolute atomic E-state index is 0.0847. The Hall–Kier alpha value is -1.93. The Labute approximate surface area is 170 Å². The number of carbonyl (C=O) groups is 3. The average molecular weight is 410 g/mol. The lowest BCUT2D eigenvalue weighted by Crippen LogP contribution is -2.46. The summed E-state index contributed by atoms with van der Waals surface area (Å²) in [5.41, 5.74) is -0.876. The van der Waals surface area contributed by atoms with Crippen molar-refractivity contribution < 1.29 is 38.4 Å². The highest BCUT2D eigenvalue weighted by molar-refractivity contribution is 5.91. The van der Waals surface area contributed by atoms with Gasteiger partial charge in [0.15, 0.2) is 5.79 Å². The van der Waals surface area contributed by atoms with Gasteiger partial charge in [-0.1, -0.05) is 27.4 Å². The van der Waals surface area contributed by atoms with Gasteiger partial charge in [0.25, 0.3) is 0 Å². The second kappa shape index (κ2) is 7.40. The number of rotatable bonds is 3. The SMILES string of the molecule is C=C1C(=O)O[C@@H]2C[C@H](C)C3(O)C[C@@H](OC(C)=O)C(C)(C[C@@H](OC(=O)C(C)C)[C@@H]12)O3. The first-order valence-electron chi connectivity index (χ1n) is 10.1. The standard InChI is InChI=1S/C21H30O8/c1-10(2)18(23)28-15-8-20(6)16(26-13(5)22)9-21(25,29-20)11(3)7-14-17(15)12(4)19(24)27-14/h10-11,14-17,25H,4,7-9H2,1-3,5-6H3/t11-,14+,15+,16+,17-,20?,21?/m0/s1. The van der Waals surface area contributed by atoms with Gasteiger partial charge in [-0.2, -0.15) is 0 Å². The zero-order valence-corrected chi connectivity index (χ0v) is 17.6. The molecule has 0 aromatic heterocycles. The van der Waals surface area contributed by atoms with Crippen LogP contribution in [0, 0.1) is 17.8 Å². The van der Waals surface area contributed by atoms with Crippen LogP contribution in [0.15, 0.2) is 12.2 Å². The lowest BCUT2D eigenvalue weighted by molar-refractivity contribution is -0.253. The van der Waals surface area contributed by atoms with Gasteiger partial charge < -0.3 is 24.1 Å². The predicted octanol–water partition coefficient (Wildman–Crippen LogP) is 1.88. The molecule has 0 aliphatic carbocycles. The average Bonchev–Trinajstić information content (AvgIpc) is 3.00. The van der Waals surface area contributed by atoms with E-state index in [0.717, 1.165) is 0 Å². The first-order valence-corrected chi connectivity index (χ1v) is 10.1. The molecule has 3 rings (SSSR count). The van der Waals surface area contributed by atoms with Gasteiger partial charge in [-0.25, -0.2) is 4.79 Å². The van der Waals surface area contributed by atoms with Crippen molar-refractivity contribution in [3.63, 3.8) is 0 Å². The van der Waals surface area contributed by atoms with Crippen LogP contribution in [-0.2, 0) is 33.3 Å². The summed E-state index contributed by atoms with van der Waals surface area (Å²) in [6.45, 7) is 12.1. The third-order valence-electron chi connectivity index (χ3n) is 6.30. The van der Waals surface area contributed by atoms with E-state index in [4.69, 9.17) is 18.9 Å². The first-order chi connectivity index (χ1) is 13.4. The van der Waals surface area contributed by atoms with Crippen molar-refractivity contribution in [1.29, 1.82) is 0 Å². The Kier molecular flexibility index (Phi) is 5.55. The van der Waals surface area contributed by atoms with Crippen molar-refractivity contribution >= 4 is 17.9 Å². The minimum atomic E-state index is -1.56. The van der Waals surface area contributed by atoms with Crippen molar-refractivity contribution in [2.45, 2.75) is 83.6 Å². The lowest BCUT2D eigenvalue weighted by atomic mass is 9.77. The fourth-order valence-electron chi connectivity index (χ4n) is 4.60. The van der Waals surface area contributed by atoms with Crippen molar-refractivity contribution in [1.82, 2.24) is 0 Å². The number of fused-ring (bicyclic) bond motifs is 3. The predicted molar refractivity (Wildman–Crippen MR) is 100 cm³/mol. The summed E-state index contributed by atoms with van der Waals surface area (Å²) >= 11 is 0. The van der Waals surface area contributed by atoms with Crippen molar-refractivity contribution in [3.8, 4) is 0 Å². The fraction of sp³-hybridized carbons (Fsp3) is 0.762. The van der Waals surface area contributed by atoms with E-state index in [2.05, 4.69) is 6.58 Å². The molecule has 3 heterocycles. The Morgan fingerprint density at radius 2 is 1.93 bits per heavy atom. The normalized spacial score (nSPS) is 41.8. The molecule has 0 spiro atoms. The lowest BCUT2D eigenvalue weighted by Gasteiger charge is -2.35. The molecule has 2 unspecified atom stereocenters. The molecule has 7 atom stereocenters.